The molecule has 1 N–H and O–H groups in total. The average molecular weight is 267 g/mol. The molecule has 108 valence electrons. The van der Waals surface area contributed by atoms with Crippen molar-refractivity contribution in [1.29, 1.82) is 0 Å². The first-order valence-corrected chi connectivity index (χ1v) is 6.81. The fourth-order valence-electron chi connectivity index (χ4n) is 1.67. The molecule has 0 aliphatic carbocycles. The number of rotatable bonds is 9. The summed E-state index contributed by atoms with van der Waals surface area (Å²) in [5.74, 6) is 1.51. The van der Waals surface area contributed by atoms with E-state index in [-0.39, 0.29) is 6.61 Å². The number of benzene rings is 1. The van der Waals surface area contributed by atoms with Crippen LogP contribution in [0.3, 0.4) is 0 Å². The van der Waals surface area contributed by atoms with Gasteiger partial charge in [-0.1, -0.05) is 6.92 Å². The van der Waals surface area contributed by atoms with Crippen LogP contribution in [0.4, 0.5) is 0 Å². The smallest absolute Gasteiger partial charge is 0.128 e. The largest absolute Gasteiger partial charge is 0.493 e. The van der Waals surface area contributed by atoms with E-state index in [9.17, 15) is 5.11 Å². The lowest BCUT2D eigenvalue weighted by Crippen LogP contribution is -2.15. The maximum absolute atomic E-state index is 9.30. The molecule has 0 atom stereocenters. The van der Waals surface area contributed by atoms with Gasteiger partial charge in [-0.15, -0.1) is 0 Å². The molecular weight excluding hydrogens is 242 g/mol. The molecule has 0 radical (unpaired) electrons. The molecule has 0 amide bonds. The SMILES string of the molecule is CCCOc1ccc(CO)c(OCCCN(C)C)c1. The summed E-state index contributed by atoms with van der Waals surface area (Å²) in [5, 5.41) is 9.30. The van der Waals surface area contributed by atoms with E-state index in [4.69, 9.17) is 9.47 Å². The quantitative estimate of drug-likeness (QED) is 0.697. The minimum absolute atomic E-state index is 0.0168. The molecule has 0 bridgehead atoms. The molecule has 19 heavy (non-hydrogen) atoms. The van der Waals surface area contributed by atoms with E-state index in [0.717, 1.165) is 36.4 Å². The molecule has 0 aromatic heterocycles. The van der Waals surface area contributed by atoms with Gasteiger partial charge in [0.25, 0.3) is 0 Å². The van der Waals surface area contributed by atoms with Crippen molar-refractivity contribution in [2.45, 2.75) is 26.4 Å². The molecule has 0 saturated heterocycles. The van der Waals surface area contributed by atoms with E-state index in [1.807, 2.05) is 32.3 Å². The van der Waals surface area contributed by atoms with E-state index in [0.29, 0.717) is 13.2 Å². The monoisotopic (exact) mass is 267 g/mol. The first-order valence-electron chi connectivity index (χ1n) is 6.81. The third kappa shape index (κ3) is 5.94. The van der Waals surface area contributed by atoms with Gasteiger partial charge in [-0.3, -0.25) is 0 Å². The van der Waals surface area contributed by atoms with Crippen molar-refractivity contribution in [3.8, 4) is 11.5 Å². The second kappa shape index (κ2) is 8.77. The highest BCUT2D eigenvalue weighted by molar-refractivity contribution is 5.40. The zero-order valence-electron chi connectivity index (χ0n) is 12.2. The molecule has 1 aromatic rings. The van der Waals surface area contributed by atoms with Crippen LogP contribution in [0.1, 0.15) is 25.3 Å². The minimum atomic E-state index is -0.0168. The summed E-state index contributed by atoms with van der Waals surface area (Å²) in [6.45, 7) is 4.37. The predicted molar refractivity (Wildman–Crippen MR) is 76.8 cm³/mol. The summed E-state index contributed by atoms with van der Waals surface area (Å²) in [4.78, 5) is 2.12. The van der Waals surface area contributed by atoms with Crippen molar-refractivity contribution in [1.82, 2.24) is 4.90 Å². The molecule has 0 aliphatic heterocycles. The Balaban J connectivity index is 2.57. The van der Waals surface area contributed by atoms with Crippen molar-refractivity contribution in [2.75, 3.05) is 33.9 Å². The van der Waals surface area contributed by atoms with Gasteiger partial charge in [0.15, 0.2) is 0 Å². The lowest BCUT2D eigenvalue weighted by Gasteiger charge is -2.14. The van der Waals surface area contributed by atoms with Gasteiger partial charge in [-0.05, 0) is 39.1 Å². The summed E-state index contributed by atoms with van der Waals surface area (Å²) >= 11 is 0. The normalized spacial score (nSPS) is 10.8. The van der Waals surface area contributed by atoms with Crippen molar-refractivity contribution >= 4 is 0 Å². The molecule has 4 nitrogen and oxygen atoms in total. The molecule has 4 heteroatoms. The molecule has 0 unspecified atom stereocenters. The zero-order valence-corrected chi connectivity index (χ0v) is 12.2. The van der Waals surface area contributed by atoms with Gasteiger partial charge in [0.2, 0.25) is 0 Å². The Bertz CT molecular complexity index is 366. The Morgan fingerprint density at radius 1 is 1.16 bits per heavy atom. The molecular formula is C15H25NO3. The zero-order chi connectivity index (χ0) is 14.1. The summed E-state index contributed by atoms with van der Waals surface area (Å²) in [6.07, 6.45) is 1.93. The van der Waals surface area contributed by atoms with Crippen LogP contribution in [0, 0.1) is 0 Å². The van der Waals surface area contributed by atoms with Crippen molar-refractivity contribution in [2.24, 2.45) is 0 Å². The van der Waals surface area contributed by atoms with Crippen molar-refractivity contribution < 1.29 is 14.6 Å². The highest BCUT2D eigenvalue weighted by Crippen LogP contribution is 2.25. The highest BCUT2D eigenvalue weighted by Gasteiger charge is 2.05. The van der Waals surface area contributed by atoms with Gasteiger partial charge < -0.3 is 19.5 Å². The van der Waals surface area contributed by atoms with Crippen LogP contribution in [-0.4, -0.2) is 43.9 Å². The molecule has 0 saturated carbocycles. The van der Waals surface area contributed by atoms with E-state index in [1.54, 1.807) is 0 Å². The van der Waals surface area contributed by atoms with Crippen LogP contribution in [0.15, 0.2) is 18.2 Å². The highest BCUT2D eigenvalue weighted by atomic mass is 16.5. The lowest BCUT2D eigenvalue weighted by molar-refractivity contribution is 0.251. The number of aliphatic hydroxyl groups is 1. The minimum Gasteiger partial charge on any atom is -0.493 e. The van der Waals surface area contributed by atoms with Crippen LogP contribution in [0.25, 0.3) is 0 Å². The van der Waals surface area contributed by atoms with Gasteiger partial charge in [0.1, 0.15) is 11.5 Å². The fourth-order valence-corrected chi connectivity index (χ4v) is 1.67. The predicted octanol–water partition coefficient (Wildman–Crippen LogP) is 2.30. The summed E-state index contributed by atoms with van der Waals surface area (Å²) in [5.41, 5.74) is 0.800. The van der Waals surface area contributed by atoms with Crippen LogP contribution in [0.5, 0.6) is 11.5 Å². The molecule has 0 fully saturated rings. The van der Waals surface area contributed by atoms with Gasteiger partial charge in [0.05, 0.1) is 19.8 Å². The average Bonchev–Trinajstić information content (AvgIpc) is 2.41. The maximum Gasteiger partial charge on any atom is 0.128 e. The number of ether oxygens (including phenoxy) is 2. The Morgan fingerprint density at radius 2 is 1.95 bits per heavy atom. The summed E-state index contributed by atoms with van der Waals surface area (Å²) < 4.78 is 11.3. The van der Waals surface area contributed by atoms with E-state index in [2.05, 4.69) is 11.8 Å². The molecule has 0 heterocycles. The number of hydrogen-bond acceptors (Lipinski definition) is 4. The Morgan fingerprint density at radius 3 is 2.58 bits per heavy atom. The third-order valence-electron chi connectivity index (χ3n) is 2.69. The van der Waals surface area contributed by atoms with E-state index < -0.39 is 0 Å². The first kappa shape index (κ1) is 15.8. The van der Waals surface area contributed by atoms with Crippen LogP contribution < -0.4 is 9.47 Å². The molecule has 0 aliphatic rings. The van der Waals surface area contributed by atoms with E-state index in [1.165, 1.54) is 0 Å². The van der Waals surface area contributed by atoms with Gasteiger partial charge >= 0.3 is 0 Å². The second-order valence-electron chi connectivity index (χ2n) is 4.78. The maximum atomic E-state index is 9.30. The van der Waals surface area contributed by atoms with Gasteiger partial charge in [-0.25, -0.2) is 0 Å². The third-order valence-corrected chi connectivity index (χ3v) is 2.69. The van der Waals surface area contributed by atoms with E-state index >= 15 is 0 Å². The summed E-state index contributed by atoms with van der Waals surface area (Å²) in [6, 6.07) is 5.58. The Labute approximate surface area is 115 Å². The van der Waals surface area contributed by atoms with Crippen LogP contribution in [-0.2, 0) is 6.61 Å². The Kier molecular flexibility index (Phi) is 7.30. The molecule has 1 rings (SSSR count). The Hall–Kier alpha value is -1.26. The second-order valence-corrected chi connectivity index (χ2v) is 4.78. The van der Waals surface area contributed by atoms with Crippen molar-refractivity contribution in [3.63, 3.8) is 0 Å². The van der Waals surface area contributed by atoms with Gasteiger partial charge in [-0.2, -0.15) is 0 Å². The fraction of sp³-hybridized carbons (Fsp3) is 0.600. The molecule has 1 aromatic carbocycles. The first-order chi connectivity index (χ1) is 9.17. The van der Waals surface area contributed by atoms with Gasteiger partial charge in [0, 0.05) is 18.2 Å². The number of aliphatic hydroxyl groups excluding tert-OH is 1. The number of hydrogen-bond donors (Lipinski definition) is 1. The lowest BCUT2D eigenvalue weighted by atomic mass is 10.2. The topological polar surface area (TPSA) is 41.9 Å². The molecule has 0 spiro atoms. The summed E-state index contributed by atoms with van der Waals surface area (Å²) in [7, 11) is 4.08. The van der Waals surface area contributed by atoms with Crippen LogP contribution in [0.2, 0.25) is 0 Å². The van der Waals surface area contributed by atoms with Crippen molar-refractivity contribution in [3.05, 3.63) is 23.8 Å². The van der Waals surface area contributed by atoms with Crippen LogP contribution >= 0.6 is 0 Å². The number of nitrogens with zero attached hydrogens (tertiary/aromatic N) is 1. The standard InChI is InChI=1S/C15H25NO3/c1-4-9-18-14-7-6-13(12-17)15(11-14)19-10-5-8-16(2)3/h6-7,11,17H,4-5,8-10,12H2,1-3H3.